The summed E-state index contributed by atoms with van der Waals surface area (Å²) >= 11 is 0. The number of piperazine rings is 1. The molecule has 3 aliphatic rings. The molecule has 5 heteroatoms. The van der Waals surface area contributed by atoms with Crippen molar-refractivity contribution in [2.45, 2.75) is 92.3 Å². The fourth-order valence-electron chi connectivity index (χ4n) is 7.34. The summed E-state index contributed by atoms with van der Waals surface area (Å²) in [6.07, 6.45) is 5.73. The van der Waals surface area contributed by atoms with Gasteiger partial charge in [0.2, 0.25) is 0 Å². The number of hydrogen-bond donors (Lipinski definition) is 0. The van der Waals surface area contributed by atoms with Crippen LogP contribution in [0.25, 0.3) is 0 Å². The van der Waals surface area contributed by atoms with E-state index in [-0.39, 0.29) is 24.6 Å². The minimum atomic E-state index is 0. The summed E-state index contributed by atoms with van der Waals surface area (Å²) in [5.41, 5.74) is 5.27. The summed E-state index contributed by atoms with van der Waals surface area (Å²) in [6, 6.07) is 7.42. The fourth-order valence-corrected chi connectivity index (χ4v) is 7.34. The molecule has 2 saturated heterocycles. The molecule has 2 aliphatic heterocycles. The Balaban J connectivity index is 0.00000324. The smallest absolute Gasteiger partial charge is 0.0726 e. The molecule has 34 heavy (non-hydrogen) atoms. The molecule has 1 aromatic rings. The van der Waals surface area contributed by atoms with Gasteiger partial charge in [0.15, 0.2) is 0 Å². The Bertz CT molecular complexity index is 777. The Morgan fingerprint density at radius 3 is 2.03 bits per heavy atom. The average Bonchev–Trinajstić information content (AvgIpc) is 2.71. The monoisotopic (exact) mass is 491 g/mol. The number of rotatable bonds is 5. The van der Waals surface area contributed by atoms with Crippen LogP contribution in [-0.2, 0) is 4.74 Å². The number of ether oxygens (including phenoxy) is 1. The lowest BCUT2D eigenvalue weighted by Crippen LogP contribution is -2.47. The zero-order chi connectivity index (χ0) is 23.8. The molecule has 0 N–H and O–H groups in total. The molecular weight excluding hydrogens is 442 g/mol. The van der Waals surface area contributed by atoms with Crippen molar-refractivity contribution in [2.75, 3.05) is 55.6 Å². The van der Waals surface area contributed by atoms with Crippen LogP contribution in [0.3, 0.4) is 0 Å². The molecule has 2 atom stereocenters. The van der Waals surface area contributed by atoms with Crippen molar-refractivity contribution in [1.29, 1.82) is 0 Å². The molecule has 0 spiro atoms. The van der Waals surface area contributed by atoms with Crippen LogP contribution in [0.4, 0.5) is 11.4 Å². The Morgan fingerprint density at radius 1 is 0.882 bits per heavy atom. The normalized spacial score (nSPS) is 28.0. The van der Waals surface area contributed by atoms with E-state index >= 15 is 0 Å². The third-order valence-electron chi connectivity index (χ3n) is 8.04. The molecule has 3 fully saturated rings. The van der Waals surface area contributed by atoms with E-state index in [2.05, 4.69) is 81.4 Å². The van der Waals surface area contributed by atoms with E-state index in [0.717, 1.165) is 26.2 Å². The Labute approximate surface area is 215 Å². The summed E-state index contributed by atoms with van der Waals surface area (Å²) in [5.74, 6) is 0.628. The second-order valence-corrected chi connectivity index (χ2v) is 12.8. The quantitative estimate of drug-likeness (QED) is 0.463. The summed E-state index contributed by atoms with van der Waals surface area (Å²) in [4.78, 5) is 7.88. The highest BCUT2D eigenvalue weighted by Crippen LogP contribution is 2.53. The first-order chi connectivity index (χ1) is 15.5. The summed E-state index contributed by atoms with van der Waals surface area (Å²) in [5, 5.41) is 0. The van der Waals surface area contributed by atoms with Crippen LogP contribution in [-0.4, -0.2) is 62.9 Å². The molecule has 0 amide bonds. The average molecular weight is 492 g/mol. The van der Waals surface area contributed by atoms with E-state index < -0.39 is 0 Å². The minimum absolute atomic E-state index is 0. The standard InChI is InChI=1S/C29H49N3O.ClH/c1-8-11-30-12-14-31(15-13-30)27-10-9-25(32-19-22(2)33-23(3)20-32)16-26(27)24-17-28(4,5)21-29(6,7)18-24;/h9-10,16,22-24H,8,11-15,17-21H2,1-7H3;1H/t22-,23+;. The van der Waals surface area contributed by atoms with Gasteiger partial charge in [-0.3, -0.25) is 4.90 Å². The van der Waals surface area contributed by atoms with Crippen molar-refractivity contribution >= 4 is 23.8 Å². The lowest BCUT2D eigenvalue weighted by molar-refractivity contribution is -0.00522. The molecule has 1 aliphatic carbocycles. The molecule has 0 aromatic heterocycles. The molecule has 1 saturated carbocycles. The fraction of sp³-hybridized carbons (Fsp3) is 0.793. The van der Waals surface area contributed by atoms with Crippen molar-refractivity contribution in [3.05, 3.63) is 23.8 Å². The van der Waals surface area contributed by atoms with Crippen LogP contribution in [0, 0.1) is 10.8 Å². The third kappa shape index (κ3) is 6.62. The molecule has 0 unspecified atom stereocenters. The van der Waals surface area contributed by atoms with E-state index in [1.54, 1.807) is 5.56 Å². The molecule has 1 aromatic carbocycles. The van der Waals surface area contributed by atoms with Gasteiger partial charge >= 0.3 is 0 Å². The van der Waals surface area contributed by atoms with Gasteiger partial charge in [-0.2, -0.15) is 0 Å². The van der Waals surface area contributed by atoms with Crippen LogP contribution in [0.2, 0.25) is 0 Å². The molecule has 0 radical (unpaired) electrons. The Morgan fingerprint density at radius 2 is 1.47 bits per heavy atom. The molecule has 4 rings (SSSR count). The largest absolute Gasteiger partial charge is 0.372 e. The maximum atomic E-state index is 6.03. The Hall–Kier alpha value is -0.970. The van der Waals surface area contributed by atoms with Crippen LogP contribution in [0.15, 0.2) is 18.2 Å². The van der Waals surface area contributed by atoms with Gasteiger partial charge in [-0.1, -0.05) is 34.6 Å². The first kappa shape index (κ1) is 27.6. The SMILES string of the molecule is CCCN1CCN(c2ccc(N3C[C@@H](C)O[C@@H](C)C3)cc2C2CC(C)(C)CC(C)(C)C2)CC1.Cl. The Kier molecular flexibility index (Phi) is 8.91. The van der Waals surface area contributed by atoms with Gasteiger partial charge in [-0.15, -0.1) is 12.4 Å². The molecule has 0 bridgehead atoms. The van der Waals surface area contributed by atoms with Gasteiger partial charge in [-0.25, -0.2) is 0 Å². The van der Waals surface area contributed by atoms with Crippen molar-refractivity contribution in [3.8, 4) is 0 Å². The number of hydrogen-bond acceptors (Lipinski definition) is 4. The zero-order valence-electron chi connectivity index (χ0n) is 22.9. The van der Waals surface area contributed by atoms with E-state index in [1.807, 2.05) is 0 Å². The second-order valence-electron chi connectivity index (χ2n) is 12.8. The van der Waals surface area contributed by atoms with Crippen LogP contribution in [0.5, 0.6) is 0 Å². The number of halogens is 1. The van der Waals surface area contributed by atoms with Crippen molar-refractivity contribution in [1.82, 2.24) is 4.90 Å². The number of benzene rings is 1. The van der Waals surface area contributed by atoms with Gasteiger partial charge in [0, 0.05) is 50.6 Å². The van der Waals surface area contributed by atoms with E-state index in [0.29, 0.717) is 16.7 Å². The van der Waals surface area contributed by atoms with Crippen molar-refractivity contribution in [3.63, 3.8) is 0 Å². The number of nitrogens with zero attached hydrogens (tertiary/aromatic N) is 3. The maximum Gasteiger partial charge on any atom is 0.0726 e. The van der Waals surface area contributed by atoms with E-state index in [4.69, 9.17) is 4.74 Å². The molecule has 2 heterocycles. The highest BCUT2D eigenvalue weighted by atomic mass is 35.5. The van der Waals surface area contributed by atoms with Crippen molar-refractivity contribution in [2.24, 2.45) is 10.8 Å². The van der Waals surface area contributed by atoms with Gasteiger partial charge < -0.3 is 14.5 Å². The topological polar surface area (TPSA) is 19.0 Å². The van der Waals surface area contributed by atoms with Crippen molar-refractivity contribution < 1.29 is 4.74 Å². The summed E-state index contributed by atoms with van der Waals surface area (Å²) in [6.45, 7) is 24.5. The predicted molar refractivity (Wildman–Crippen MR) is 149 cm³/mol. The van der Waals surface area contributed by atoms with Gasteiger partial charge in [0.05, 0.1) is 12.2 Å². The highest BCUT2D eigenvalue weighted by Gasteiger charge is 2.40. The predicted octanol–water partition coefficient (Wildman–Crippen LogP) is 6.57. The van der Waals surface area contributed by atoms with Crippen LogP contribution >= 0.6 is 12.4 Å². The van der Waals surface area contributed by atoms with Crippen LogP contribution < -0.4 is 9.80 Å². The van der Waals surface area contributed by atoms with E-state index in [9.17, 15) is 0 Å². The maximum absolute atomic E-state index is 6.03. The van der Waals surface area contributed by atoms with Gasteiger partial charge in [-0.05, 0) is 86.6 Å². The third-order valence-corrected chi connectivity index (χ3v) is 8.04. The number of morpholine rings is 1. The molecule has 4 nitrogen and oxygen atoms in total. The number of anilines is 2. The molecular formula is C29H50ClN3O. The highest BCUT2D eigenvalue weighted by molar-refractivity contribution is 5.85. The lowest BCUT2D eigenvalue weighted by atomic mass is 9.60. The summed E-state index contributed by atoms with van der Waals surface area (Å²) in [7, 11) is 0. The summed E-state index contributed by atoms with van der Waals surface area (Å²) < 4.78 is 6.03. The van der Waals surface area contributed by atoms with Gasteiger partial charge in [0.25, 0.3) is 0 Å². The second kappa shape index (κ2) is 11.0. The lowest BCUT2D eigenvalue weighted by Gasteiger charge is -2.47. The van der Waals surface area contributed by atoms with Crippen LogP contribution in [0.1, 0.15) is 85.6 Å². The zero-order valence-corrected chi connectivity index (χ0v) is 23.7. The minimum Gasteiger partial charge on any atom is -0.372 e. The first-order valence-corrected chi connectivity index (χ1v) is 13.6. The first-order valence-electron chi connectivity index (χ1n) is 13.6. The molecule has 194 valence electrons. The van der Waals surface area contributed by atoms with Gasteiger partial charge in [0.1, 0.15) is 0 Å². The van der Waals surface area contributed by atoms with E-state index in [1.165, 1.54) is 56.7 Å².